The van der Waals surface area contributed by atoms with Gasteiger partial charge < -0.3 is 19.3 Å². The number of anilines is 6. The third kappa shape index (κ3) is 8.41. The molecule has 262 valence electrons. The lowest BCUT2D eigenvalue weighted by atomic mass is 9.98. The average molecular weight is 689 g/mol. The standard InChI is InChI=1S/C46H44N2O4/c1-33-31-37(21-27-43(33)47(39-11-7-5-8-12-39)41-23-15-35(16-24-41)19-29-45(49)51-3)38-22-28-44(34(2)32-38)48(40-13-9-6-10-14-40)42-25-17-36(18-26-42)20-30-46(50)52-4/h5-18,21-28,31-32H,19-20,29-30H2,1-4H3. The summed E-state index contributed by atoms with van der Waals surface area (Å²) in [5.74, 6) is -0.410. The van der Waals surface area contributed by atoms with Crippen LogP contribution in [0.4, 0.5) is 34.1 Å². The highest BCUT2D eigenvalue weighted by Crippen LogP contribution is 2.40. The predicted molar refractivity (Wildman–Crippen MR) is 211 cm³/mol. The Kier molecular flexibility index (Phi) is 11.5. The summed E-state index contributed by atoms with van der Waals surface area (Å²) in [6.07, 6.45) is 1.99. The van der Waals surface area contributed by atoms with Gasteiger partial charge in [-0.05, 0) is 133 Å². The normalized spacial score (nSPS) is 10.8. The lowest BCUT2D eigenvalue weighted by molar-refractivity contribution is -0.141. The van der Waals surface area contributed by atoms with Crippen LogP contribution in [-0.2, 0) is 31.9 Å². The fourth-order valence-electron chi connectivity index (χ4n) is 6.50. The van der Waals surface area contributed by atoms with Gasteiger partial charge in [-0.15, -0.1) is 0 Å². The van der Waals surface area contributed by atoms with Crippen LogP contribution in [0.2, 0.25) is 0 Å². The number of methoxy groups -OCH3 is 2. The minimum absolute atomic E-state index is 0.205. The molecule has 0 aliphatic rings. The van der Waals surface area contributed by atoms with Gasteiger partial charge in [0.2, 0.25) is 0 Å². The molecule has 0 aromatic heterocycles. The Balaban J connectivity index is 1.29. The first-order chi connectivity index (χ1) is 25.3. The smallest absolute Gasteiger partial charge is 0.305 e. The molecular formula is C46H44N2O4. The molecule has 52 heavy (non-hydrogen) atoms. The monoisotopic (exact) mass is 688 g/mol. The van der Waals surface area contributed by atoms with Crippen molar-refractivity contribution in [1.82, 2.24) is 0 Å². The number of carbonyl (C=O) groups is 2. The lowest BCUT2D eigenvalue weighted by Crippen LogP contribution is -2.12. The molecule has 0 N–H and O–H groups in total. The van der Waals surface area contributed by atoms with E-state index in [1.54, 1.807) is 0 Å². The molecule has 6 aromatic rings. The van der Waals surface area contributed by atoms with Gasteiger partial charge in [0.25, 0.3) is 0 Å². The number of nitrogens with zero attached hydrogens (tertiary/aromatic N) is 2. The van der Waals surface area contributed by atoms with E-state index in [0.717, 1.165) is 67.5 Å². The number of ether oxygens (including phenoxy) is 2. The summed E-state index contributed by atoms with van der Waals surface area (Å²) in [5.41, 5.74) is 13.2. The van der Waals surface area contributed by atoms with Gasteiger partial charge in [-0.1, -0.05) is 72.8 Å². The van der Waals surface area contributed by atoms with Crippen LogP contribution in [0.1, 0.15) is 35.1 Å². The van der Waals surface area contributed by atoms with E-state index < -0.39 is 0 Å². The Morgan fingerprint density at radius 3 is 1.13 bits per heavy atom. The highest BCUT2D eigenvalue weighted by atomic mass is 16.5. The van der Waals surface area contributed by atoms with Gasteiger partial charge in [-0.25, -0.2) is 0 Å². The number of hydrogen-bond acceptors (Lipinski definition) is 6. The van der Waals surface area contributed by atoms with E-state index in [9.17, 15) is 9.59 Å². The Morgan fingerprint density at radius 1 is 0.462 bits per heavy atom. The lowest BCUT2D eigenvalue weighted by Gasteiger charge is -2.28. The summed E-state index contributed by atoms with van der Waals surface area (Å²) < 4.78 is 9.64. The summed E-state index contributed by atoms with van der Waals surface area (Å²) in [5, 5.41) is 0. The van der Waals surface area contributed by atoms with Crippen molar-refractivity contribution in [2.75, 3.05) is 24.0 Å². The maximum absolute atomic E-state index is 11.7. The van der Waals surface area contributed by atoms with Gasteiger partial charge in [0.05, 0.1) is 14.2 Å². The molecule has 0 aliphatic heterocycles. The van der Waals surface area contributed by atoms with Crippen molar-refractivity contribution >= 4 is 46.1 Å². The molecule has 0 fully saturated rings. The molecule has 0 radical (unpaired) electrons. The molecule has 0 aliphatic carbocycles. The fourth-order valence-corrected chi connectivity index (χ4v) is 6.50. The van der Waals surface area contributed by atoms with Crippen LogP contribution in [0.3, 0.4) is 0 Å². The van der Waals surface area contributed by atoms with Crippen molar-refractivity contribution in [1.29, 1.82) is 0 Å². The molecule has 0 saturated carbocycles. The van der Waals surface area contributed by atoms with Gasteiger partial charge in [0.1, 0.15) is 0 Å². The number of hydrogen-bond donors (Lipinski definition) is 0. The topological polar surface area (TPSA) is 59.1 Å². The van der Waals surface area contributed by atoms with E-state index in [1.807, 2.05) is 12.1 Å². The van der Waals surface area contributed by atoms with Crippen LogP contribution in [0.15, 0.2) is 146 Å². The second-order valence-electron chi connectivity index (χ2n) is 12.8. The largest absolute Gasteiger partial charge is 0.469 e. The molecule has 0 saturated heterocycles. The number of para-hydroxylation sites is 2. The summed E-state index contributed by atoms with van der Waals surface area (Å²) in [6, 6.07) is 50.8. The first kappa shape index (κ1) is 35.7. The molecule has 6 rings (SSSR count). The van der Waals surface area contributed by atoms with E-state index in [-0.39, 0.29) is 11.9 Å². The SMILES string of the molecule is COC(=O)CCc1ccc(N(c2ccccc2)c2ccc(-c3ccc(N(c4ccccc4)c4ccc(CCC(=O)OC)cc4)c(C)c3)cc2C)cc1. The van der Waals surface area contributed by atoms with Crippen LogP contribution in [0, 0.1) is 13.8 Å². The second-order valence-corrected chi connectivity index (χ2v) is 12.8. The zero-order valence-electron chi connectivity index (χ0n) is 30.2. The summed E-state index contributed by atoms with van der Waals surface area (Å²) >= 11 is 0. The zero-order valence-corrected chi connectivity index (χ0v) is 30.2. The van der Waals surface area contributed by atoms with Crippen molar-refractivity contribution in [3.63, 3.8) is 0 Å². The van der Waals surface area contributed by atoms with Crippen molar-refractivity contribution < 1.29 is 19.1 Å². The van der Waals surface area contributed by atoms with E-state index in [2.05, 4.69) is 157 Å². The van der Waals surface area contributed by atoms with E-state index in [1.165, 1.54) is 14.2 Å². The molecule has 0 bridgehead atoms. The summed E-state index contributed by atoms with van der Waals surface area (Å²) in [4.78, 5) is 27.9. The number of carbonyl (C=O) groups excluding carboxylic acids is 2. The molecule has 0 unspecified atom stereocenters. The van der Waals surface area contributed by atoms with Crippen LogP contribution in [-0.4, -0.2) is 26.2 Å². The minimum Gasteiger partial charge on any atom is -0.469 e. The molecule has 6 aromatic carbocycles. The van der Waals surface area contributed by atoms with Crippen LogP contribution < -0.4 is 9.80 Å². The van der Waals surface area contributed by atoms with E-state index >= 15 is 0 Å². The Morgan fingerprint density at radius 2 is 0.808 bits per heavy atom. The van der Waals surface area contributed by atoms with Crippen molar-refractivity contribution in [2.45, 2.75) is 39.5 Å². The molecular weight excluding hydrogens is 645 g/mol. The Hall–Kier alpha value is -6.14. The van der Waals surface area contributed by atoms with Gasteiger partial charge >= 0.3 is 11.9 Å². The predicted octanol–water partition coefficient (Wildman–Crippen LogP) is 11.1. The highest BCUT2D eigenvalue weighted by Gasteiger charge is 2.18. The molecule has 6 heteroatoms. The van der Waals surface area contributed by atoms with Crippen LogP contribution in [0.25, 0.3) is 11.1 Å². The molecule has 0 heterocycles. The first-order valence-electron chi connectivity index (χ1n) is 17.6. The van der Waals surface area contributed by atoms with E-state index in [0.29, 0.717) is 25.7 Å². The van der Waals surface area contributed by atoms with E-state index in [4.69, 9.17) is 9.47 Å². The zero-order chi connectivity index (χ0) is 36.5. The maximum atomic E-state index is 11.7. The van der Waals surface area contributed by atoms with Crippen molar-refractivity contribution in [3.05, 3.63) is 168 Å². The third-order valence-electron chi connectivity index (χ3n) is 9.32. The molecule has 0 spiro atoms. The van der Waals surface area contributed by atoms with Gasteiger partial charge in [-0.2, -0.15) is 0 Å². The maximum Gasteiger partial charge on any atom is 0.305 e. The van der Waals surface area contributed by atoms with Crippen molar-refractivity contribution in [2.24, 2.45) is 0 Å². The van der Waals surface area contributed by atoms with Gasteiger partial charge in [-0.3, -0.25) is 9.59 Å². The highest BCUT2D eigenvalue weighted by molar-refractivity contribution is 5.83. The number of rotatable bonds is 13. The average Bonchev–Trinajstić information content (AvgIpc) is 3.19. The van der Waals surface area contributed by atoms with Gasteiger partial charge in [0.15, 0.2) is 0 Å². The molecule has 6 nitrogen and oxygen atoms in total. The quantitative estimate of drug-likeness (QED) is 0.113. The third-order valence-corrected chi connectivity index (χ3v) is 9.32. The fraction of sp³-hybridized carbons (Fsp3) is 0.174. The van der Waals surface area contributed by atoms with Crippen LogP contribution in [0.5, 0.6) is 0 Å². The Bertz CT molecular complexity index is 1960. The Labute approximate surface area is 306 Å². The minimum atomic E-state index is -0.205. The van der Waals surface area contributed by atoms with Gasteiger partial charge in [0, 0.05) is 47.0 Å². The number of aryl methyl sites for hydroxylation is 4. The van der Waals surface area contributed by atoms with Crippen LogP contribution >= 0.6 is 0 Å². The second kappa shape index (κ2) is 16.7. The molecule has 0 atom stereocenters. The van der Waals surface area contributed by atoms with Crippen molar-refractivity contribution in [3.8, 4) is 11.1 Å². The number of benzene rings is 6. The number of esters is 2. The molecule has 0 amide bonds. The summed E-state index contributed by atoms with van der Waals surface area (Å²) in [7, 11) is 2.85. The first-order valence-corrected chi connectivity index (χ1v) is 17.6. The summed E-state index contributed by atoms with van der Waals surface area (Å²) in [6.45, 7) is 4.32.